The largest absolute Gasteiger partial charge is 0.399 e. The second-order valence-corrected chi connectivity index (χ2v) is 5.71. The van der Waals surface area contributed by atoms with Crippen molar-refractivity contribution in [3.63, 3.8) is 0 Å². The van der Waals surface area contributed by atoms with Crippen LogP contribution in [0.25, 0.3) is 0 Å². The number of nitrogen functional groups attached to an aromatic ring is 1. The highest BCUT2D eigenvalue weighted by atomic mass is 16.3. The van der Waals surface area contributed by atoms with E-state index in [-0.39, 0.29) is 5.91 Å². The fraction of sp³-hybridized carbons (Fsp3) is 0.500. The minimum Gasteiger partial charge on any atom is -0.399 e. The van der Waals surface area contributed by atoms with E-state index in [0.717, 1.165) is 5.56 Å². The van der Waals surface area contributed by atoms with Crippen LogP contribution < -0.4 is 11.1 Å². The van der Waals surface area contributed by atoms with E-state index in [2.05, 4.69) is 5.32 Å². The molecular weight excluding hydrogens is 228 g/mol. The molecule has 0 unspecified atom stereocenters. The number of carbonyl (C=O) groups excluding carboxylic acids is 1. The SMILES string of the molecule is Cc1cc(N)ccc1C(=O)NC(C)(C)C(C)(C)O. The van der Waals surface area contributed by atoms with Crippen LogP contribution in [0.5, 0.6) is 0 Å². The van der Waals surface area contributed by atoms with Gasteiger partial charge in [0.25, 0.3) is 5.91 Å². The number of hydrogen-bond donors (Lipinski definition) is 3. The van der Waals surface area contributed by atoms with Crippen molar-refractivity contribution in [2.24, 2.45) is 0 Å². The number of amides is 1. The third-order valence-corrected chi connectivity index (χ3v) is 3.45. The predicted octanol–water partition coefficient (Wildman–Crippen LogP) is 1.86. The van der Waals surface area contributed by atoms with Crippen LogP contribution in [0.4, 0.5) is 5.69 Å². The van der Waals surface area contributed by atoms with Gasteiger partial charge in [0.05, 0.1) is 11.1 Å². The Hall–Kier alpha value is -1.55. The molecule has 4 N–H and O–H groups in total. The van der Waals surface area contributed by atoms with E-state index >= 15 is 0 Å². The number of aliphatic hydroxyl groups is 1. The number of nitrogens with one attached hydrogen (secondary N) is 1. The highest BCUT2D eigenvalue weighted by Crippen LogP contribution is 2.22. The maximum absolute atomic E-state index is 12.2. The summed E-state index contributed by atoms with van der Waals surface area (Å²) in [6.45, 7) is 8.75. The van der Waals surface area contributed by atoms with Gasteiger partial charge in [-0.3, -0.25) is 4.79 Å². The summed E-state index contributed by atoms with van der Waals surface area (Å²) in [5.41, 5.74) is 5.94. The van der Waals surface area contributed by atoms with Crippen molar-refractivity contribution in [1.82, 2.24) is 5.32 Å². The lowest BCUT2D eigenvalue weighted by molar-refractivity contribution is -0.00294. The van der Waals surface area contributed by atoms with E-state index in [9.17, 15) is 9.90 Å². The molecule has 0 radical (unpaired) electrons. The predicted molar refractivity (Wildman–Crippen MR) is 73.4 cm³/mol. The number of hydrogen-bond acceptors (Lipinski definition) is 3. The Balaban J connectivity index is 2.96. The van der Waals surface area contributed by atoms with E-state index in [0.29, 0.717) is 11.3 Å². The van der Waals surface area contributed by atoms with Crippen LogP contribution in [0.15, 0.2) is 18.2 Å². The minimum absolute atomic E-state index is 0.209. The molecule has 0 aliphatic heterocycles. The molecule has 0 aromatic heterocycles. The fourth-order valence-corrected chi connectivity index (χ4v) is 1.45. The summed E-state index contributed by atoms with van der Waals surface area (Å²) >= 11 is 0. The van der Waals surface area contributed by atoms with Gasteiger partial charge in [0, 0.05) is 11.3 Å². The molecule has 1 aromatic carbocycles. The molecule has 4 heteroatoms. The lowest BCUT2D eigenvalue weighted by Crippen LogP contribution is -2.57. The van der Waals surface area contributed by atoms with Gasteiger partial charge in [-0.05, 0) is 58.4 Å². The Bertz CT molecular complexity index is 459. The summed E-state index contributed by atoms with van der Waals surface area (Å²) in [5, 5.41) is 12.9. The first-order chi connectivity index (χ1) is 8.04. The zero-order valence-electron chi connectivity index (χ0n) is 11.7. The third kappa shape index (κ3) is 3.01. The molecular formula is C14H22N2O2. The van der Waals surface area contributed by atoms with Crippen molar-refractivity contribution >= 4 is 11.6 Å². The highest BCUT2D eigenvalue weighted by molar-refractivity contribution is 5.96. The molecule has 0 bridgehead atoms. The van der Waals surface area contributed by atoms with Gasteiger partial charge in [0.2, 0.25) is 0 Å². The molecule has 0 saturated carbocycles. The molecule has 0 aliphatic rings. The van der Waals surface area contributed by atoms with Gasteiger partial charge in [-0.15, -0.1) is 0 Å². The van der Waals surface area contributed by atoms with Gasteiger partial charge < -0.3 is 16.2 Å². The second-order valence-electron chi connectivity index (χ2n) is 5.71. The van der Waals surface area contributed by atoms with Crippen LogP contribution in [-0.2, 0) is 0 Å². The Kier molecular flexibility index (Phi) is 3.72. The zero-order valence-corrected chi connectivity index (χ0v) is 11.7. The normalized spacial score (nSPS) is 12.3. The number of nitrogens with two attached hydrogens (primary N) is 1. The summed E-state index contributed by atoms with van der Waals surface area (Å²) in [6, 6.07) is 5.14. The average Bonchev–Trinajstić information content (AvgIpc) is 2.14. The fourth-order valence-electron chi connectivity index (χ4n) is 1.45. The van der Waals surface area contributed by atoms with Gasteiger partial charge in [0.1, 0.15) is 0 Å². The van der Waals surface area contributed by atoms with Crippen molar-refractivity contribution < 1.29 is 9.90 Å². The Morgan fingerprint density at radius 2 is 1.83 bits per heavy atom. The molecule has 0 heterocycles. The topological polar surface area (TPSA) is 75.4 Å². The summed E-state index contributed by atoms with van der Waals surface area (Å²) in [6.07, 6.45) is 0. The molecule has 0 fully saturated rings. The van der Waals surface area contributed by atoms with E-state index in [1.165, 1.54) is 0 Å². The summed E-state index contributed by atoms with van der Waals surface area (Å²) in [5.74, 6) is -0.209. The number of benzene rings is 1. The standard InChI is InChI=1S/C14H22N2O2/c1-9-8-10(15)6-7-11(9)12(17)16-13(2,3)14(4,5)18/h6-8,18H,15H2,1-5H3,(H,16,17). The molecule has 1 aromatic rings. The van der Waals surface area contributed by atoms with Crippen molar-refractivity contribution in [2.75, 3.05) is 5.73 Å². The van der Waals surface area contributed by atoms with Gasteiger partial charge in [-0.25, -0.2) is 0 Å². The van der Waals surface area contributed by atoms with Gasteiger partial charge >= 0.3 is 0 Å². The zero-order chi connectivity index (χ0) is 14.1. The molecule has 0 atom stereocenters. The molecule has 0 saturated heterocycles. The Labute approximate surface area is 108 Å². The molecule has 4 nitrogen and oxygen atoms in total. The third-order valence-electron chi connectivity index (χ3n) is 3.45. The maximum Gasteiger partial charge on any atom is 0.252 e. The maximum atomic E-state index is 12.2. The van der Waals surface area contributed by atoms with Gasteiger partial charge in [-0.2, -0.15) is 0 Å². The molecule has 0 aliphatic carbocycles. The minimum atomic E-state index is -1.01. The molecule has 1 amide bonds. The van der Waals surface area contributed by atoms with Crippen LogP contribution in [0, 0.1) is 6.92 Å². The number of rotatable bonds is 3. The van der Waals surface area contributed by atoms with Crippen molar-refractivity contribution in [2.45, 2.75) is 45.8 Å². The second kappa shape index (κ2) is 4.61. The summed E-state index contributed by atoms with van der Waals surface area (Å²) < 4.78 is 0. The molecule has 100 valence electrons. The summed E-state index contributed by atoms with van der Waals surface area (Å²) in [7, 11) is 0. The average molecular weight is 250 g/mol. The number of carbonyl (C=O) groups is 1. The van der Waals surface area contributed by atoms with E-state index < -0.39 is 11.1 Å². The van der Waals surface area contributed by atoms with E-state index in [4.69, 9.17) is 5.73 Å². The van der Waals surface area contributed by atoms with Crippen LogP contribution in [0.2, 0.25) is 0 Å². The van der Waals surface area contributed by atoms with Crippen LogP contribution >= 0.6 is 0 Å². The highest BCUT2D eigenvalue weighted by Gasteiger charge is 2.36. The van der Waals surface area contributed by atoms with Crippen molar-refractivity contribution in [3.8, 4) is 0 Å². The monoisotopic (exact) mass is 250 g/mol. The molecule has 0 spiro atoms. The lowest BCUT2D eigenvalue weighted by Gasteiger charge is -2.38. The van der Waals surface area contributed by atoms with E-state index in [1.54, 1.807) is 45.9 Å². The van der Waals surface area contributed by atoms with Crippen LogP contribution in [0.1, 0.15) is 43.6 Å². The quantitative estimate of drug-likeness (QED) is 0.717. The van der Waals surface area contributed by atoms with Crippen molar-refractivity contribution in [1.29, 1.82) is 0 Å². The molecule has 18 heavy (non-hydrogen) atoms. The first-order valence-corrected chi connectivity index (χ1v) is 5.95. The smallest absolute Gasteiger partial charge is 0.252 e. The Morgan fingerprint density at radius 3 is 2.28 bits per heavy atom. The number of aryl methyl sites for hydroxylation is 1. The summed E-state index contributed by atoms with van der Waals surface area (Å²) in [4.78, 5) is 12.2. The first kappa shape index (κ1) is 14.5. The van der Waals surface area contributed by atoms with Gasteiger partial charge in [-0.1, -0.05) is 0 Å². The lowest BCUT2D eigenvalue weighted by atomic mass is 9.85. The number of anilines is 1. The first-order valence-electron chi connectivity index (χ1n) is 5.95. The van der Waals surface area contributed by atoms with Crippen LogP contribution in [-0.4, -0.2) is 22.2 Å². The van der Waals surface area contributed by atoms with Gasteiger partial charge in [0.15, 0.2) is 0 Å². The van der Waals surface area contributed by atoms with E-state index in [1.807, 2.05) is 6.92 Å². The molecule has 1 rings (SSSR count). The Morgan fingerprint density at radius 1 is 1.28 bits per heavy atom. The van der Waals surface area contributed by atoms with Crippen molar-refractivity contribution in [3.05, 3.63) is 29.3 Å². The van der Waals surface area contributed by atoms with Crippen LogP contribution in [0.3, 0.4) is 0 Å².